The van der Waals surface area contributed by atoms with Gasteiger partial charge >= 0.3 is 0 Å². The zero-order chi connectivity index (χ0) is 15.0. The second-order valence-electron chi connectivity index (χ2n) is 4.84. The lowest BCUT2D eigenvalue weighted by Gasteiger charge is -2.10. The molecule has 0 radical (unpaired) electrons. The summed E-state index contributed by atoms with van der Waals surface area (Å²) in [4.78, 5) is 19.3. The van der Waals surface area contributed by atoms with Crippen LogP contribution in [-0.4, -0.2) is 15.9 Å². The van der Waals surface area contributed by atoms with Crippen molar-refractivity contribution in [3.8, 4) is 0 Å². The molecule has 0 spiro atoms. The predicted octanol–water partition coefficient (Wildman–Crippen LogP) is 3.09. The van der Waals surface area contributed by atoms with Gasteiger partial charge < -0.3 is 14.7 Å². The van der Waals surface area contributed by atoms with E-state index < -0.39 is 11.7 Å². The maximum absolute atomic E-state index is 13.7. The molecular weight excluding hydrogens is 273 g/mol. The van der Waals surface area contributed by atoms with Gasteiger partial charge in [-0.1, -0.05) is 12.1 Å². The Morgan fingerprint density at radius 2 is 2.29 bits per heavy atom. The largest absolute Gasteiger partial charge is 0.448 e. The van der Waals surface area contributed by atoms with Gasteiger partial charge in [-0.2, -0.15) is 0 Å². The number of nitrogens with one attached hydrogen (secondary N) is 2. The number of nitrogens with zero attached hydrogens (tertiary/aromatic N) is 1. The number of carbonyl (C=O) groups excluding carboxylic acids is 1. The normalized spacial score (nSPS) is 12.5. The van der Waals surface area contributed by atoms with E-state index in [1.807, 2.05) is 0 Å². The van der Waals surface area contributed by atoms with Gasteiger partial charge in [0.15, 0.2) is 17.2 Å². The molecule has 1 amide bonds. The molecule has 0 bridgehead atoms. The zero-order valence-corrected chi connectivity index (χ0v) is 11.6. The van der Waals surface area contributed by atoms with E-state index in [0.29, 0.717) is 16.8 Å². The standard InChI is InChI=1S/C15H14FN3O2/c1-8-10-4-3-5-11(16)13(10)21-12(8)15(20)19-9(2)14-17-6-7-18-14/h3-7,9H,1-2H3,(H,17,18)(H,19,20). The highest BCUT2D eigenvalue weighted by Crippen LogP contribution is 2.27. The number of H-pyrrole nitrogens is 1. The highest BCUT2D eigenvalue weighted by atomic mass is 19.1. The summed E-state index contributed by atoms with van der Waals surface area (Å²) in [5.74, 6) is -0.113. The minimum Gasteiger partial charge on any atom is -0.448 e. The number of aryl methyl sites for hydroxylation is 1. The smallest absolute Gasteiger partial charge is 0.287 e. The van der Waals surface area contributed by atoms with Gasteiger partial charge in [-0.15, -0.1) is 0 Å². The number of aromatic nitrogens is 2. The fraction of sp³-hybridized carbons (Fsp3) is 0.200. The molecule has 2 N–H and O–H groups in total. The van der Waals surface area contributed by atoms with Gasteiger partial charge in [0, 0.05) is 23.3 Å². The Kier molecular flexibility index (Phi) is 3.21. The Morgan fingerprint density at radius 1 is 1.48 bits per heavy atom. The molecular formula is C15H14FN3O2. The average molecular weight is 287 g/mol. The quantitative estimate of drug-likeness (QED) is 0.777. The summed E-state index contributed by atoms with van der Waals surface area (Å²) in [5, 5.41) is 3.37. The van der Waals surface area contributed by atoms with E-state index in [2.05, 4.69) is 15.3 Å². The van der Waals surface area contributed by atoms with E-state index in [1.54, 1.807) is 38.4 Å². The summed E-state index contributed by atoms with van der Waals surface area (Å²) in [6.45, 7) is 3.53. The van der Waals surface area contributed by atoms with Crippen LogP contribution in [0.2, 0.25) is 0 Å². The van der Waals surface area contributed by atoms with E-state index in [1.165, 1.54) is 6.07 Å². The average Bonchev–Trinajstić information content (AvgIpc) is 3.08. The Bertz CT molecular complexity index is 793. The number of hydrogen-bond donors (Lipinski definition) is 2. The van der Waals surface area contributed by atoms with Crippen molar-refractivity contribution >= 4 is 16.9 Å². The number of rotatable bonds is 3. The first kappa shape index (κ1) is 13.4. The maximum atomic E-state index is 13.7. The molecule has 6 heteroatoms. The van der Waals surface area contributed by atoms with Crippen LogP contribution in [0.4, 0.5) is 4.39 Å². The van der Waals surface area contributed by atoms with Crippen LogP contribution in [0.25, 0.3) is 11.0 Å². The maximum Gasteiger partial charge on any atom is 0.287 e. The predicted molar refractivity (Wildman–Crippen MR) is 75.4 cm³/mol. The second kappa shape index (κ2) is 5.05. The van der Waals surface area contributed by atoms with Crippen LogP contribution in [-0.2, 0) is 0 Å². The lowest BCUT2D eigenvalue weighted by molar-refractivity contribution is 0.0911. The molecule has 2 aromatic heterocycles. The molecule has 21 heavy (non-hydrogen) atoms. The summed E-state index contributed by atoms with van der Waals surface area (Å²) < 4.78 is 19.1. The Balaban J connectivity index is 1.91. The number of hydrogen-bond acceptors (Lipinski definition) is 3. The summed E-state index contributed by atoms with van der Waals surface area (Å²) in [6.07, 6.45) is 3.29. The molecule has 5 nitrogen and oxygen atoms in total. The number of halogens is 1. The van der Waals surface area contributed by atoms with E-state index >= 15 is 0 Å². The van der Waals surface area contributed by atoms with Crippen molar-refractivity contribution in [2.24, 2.45) is 0 Å². The molecule has 0 aliphatic carbocycles. The lowest BCUT2D eigenvalue weighted by atomic mass is 10.1. The summed E-state index contributed by atoms with van der Waals surface area (Å²) in [7, 11) is 0. The molecule has 3 rings (SSSR count). The van der Waals surface area contributed by atoms with Crippen molar-refractivity contribution in [1.82, 2.24) is 15.3 Å². The fourth-order valence-corrected chi connectivity index (χ4v) is 2.27. The number of imidazole rings is 1. The van der Waals surface area contributed by atoms with Crippen LogP contribution >= 0.6 is 0 Å². The van der Waals surface area contributed by atoms with Crippen LogP contribution in [0.15, 0.2) is 35.0 Å². The molecule has 1 atom stereocenters. The van der Waals surface area contributed by atoms with Gasteiger partial charge in [0.1, 0.15) is 5.82 Å². The summed E-state index contributed by atoms with van der Waals surface area (Å²) >= 11 is 0. The third-order valence-corrected chi connectivity index (χ3v) is 3.40. The van der Waals surface area contributed by atoms with E-state index in [4.69, 9.17) is 4.42 Å². The van der Waals surface area contributed by atoms with Crippen molar-refractivity contribution in [3.05, 3.63) is 53.6 Å². The van der Waals surface area contributed by atoms with Gasteiger partial charge in [-0.3, -0.25) is 4.79 Å². The summed E-state index contributed by atoms with van der Waals surface area (Å²) in [6, 6.07) is 4.32. The van der Waals surface area contributed by atoms with E-state index in [-0.39, 0.29) is 17.4 Å². The van der Waals surface area contributed by atoms with Gasteiger partial charge in [0.05, 0.1) is 6.04 Å². The number of benzene rings is 1. The molecule has 3 aromatic rings. The molecule has 1 aromatic carbocycles. The van der Waals surface area contributed by atoms with Crippen molar-refractivity contribution in [3.63, 3.8) is 0 Å². The Hall–Kier alpha value is -2.63. The number of fused-ring (bicyclic) bond motifs is 1. The van der Waals surface area contributed by atoms with Crippen molar-refractivity contribution in [2.75, 3.05) is 0 Å². The van der Waals surface area contributed by atoms with E-state index in [9.17, 15) is 9.18 Å². The molecule has 0 aliphatic rings. The van der Waals surface area contributed by atoms with Crippen LogP contribution in [0, 0.1) is 12.7 Å². The topological polar surface area (TPSA) is 70.9 Å². The van der Waals surface area contributed by atoms with Gasteiger partial charge in [-0.05, 0) is 19.9 Å². The van der Waals surface area contributed by atoms with Crippen molar-refractivity contribution in [1.29, 1.82) is 0 Å². The second-order valence-corrected chi connectivity index (χ2v) is 4.84. The molecule has 1 unspecified atom stereocenters. The highest BCUT2D eigenvalue weighted by molar-refractivity contribution is 5.99. The number of carbonyl (C=O) groups is 1. The first-order valence-corrected chi connectivity index (χ1v) is 6.55. The molecule has 0 saturated carbocycles. The van der Waals surface area contributed by atoms with Crippen LogP contribution < -0.4 is 5.32 Å². The number of furan rings is 1. The van der Waals surface area contributed by atoms with Gasteiger partial charge in [-0.25, -0.2) is 9.37 Å². The monoisotopic (exact) mass is 287 g/mol. The van der Waals surface area contributed by atoms with Crippen LogP contribution in [0.5, 0.6) is 0 Å². The molecule has 0 saturated heterocycles. The zero-order valence-electron chi connectivity index (χ0n) is 11.6. The number of amides is 1. The van der Waals surface area contributed by atoms with Crippen LogP contribution in [0.1, 0.15) is 34.9 Å². The minimum atomic E-state index is -0.478. The van der Waals surface area contributed by atoms with Crippen LogP contribution in [0.3, 0.4) is 0 Å². The molecule has 0 fully saturated rings. The first-order chi connectivity index (χ1) is 10.1. The number of para-hydroxylation sites is 1. The first-order valence-electron chi connectivity index (χ1n) is 6.55. The minimum absolute atomic E-state index is 0.103. The SMILES string of the molecule is Cc1c(C(=O)NC(C)c2ncc[nH]2)oc2c(F)cccc12. The third-order valence-electron chi connectivity index (χ3n) is 3.40. The Labute approximate surface area is 120 Å². The molecule has 2 heterocycles. The Morgan fingerprint density at radius 3 is 2.95 bits per heavy atom. The molecule has 108 valence electrons. The van der Waals surface area contributed by atoms with Crippen molar-refractivity contribution < 1.29 is 13.6 Å². The van der Waals surface area contributed by atoms with Gasteiger partial charge in [0.25, 0.3) is 5.91 Å². The summed E-state index contributed by atoms with van der Waals surface area (Å²) in [5.41, 5.74) is 0.722. The molecule has 0 aliphatic heterocycles. The fourth-order valence-electron chi connectivity index (χ4n) is 2.27. The van der Waals surface area contributed by atoms with E-state index in [0.717, 1.165) is 0 Å². The van der Waals surface area contributed by atoms with Crippen molar-refractivity contribution in [2.45, 2.75) is 19.9 Å². The third kappa shape index (κ3) is 2.29. The van der Waals surface area contributed by atoms with Gasteiger partial charge in [0.2, 0.25) is 0 Å². The number of aromatic amines is 1. The lowest BCUT2D eigenvalue weighted by Crippen LogP contribution is -2.27. The highest BCUT2D eigenvalue weighted by Gasteiger charge is 2.21.